The van der Waals surface area contributed by atoms with Gasteiger partial charge in [0.05, 0.1) is 10.6 Å². The third-order valence-corrected chi connectivity index (χ3v) is 4.74. The number of hydrogen-bond donors (Lipinski definition) is 2. The van der Waals surface area contributed by atoms with Gasteiger partial charge in [-0.2, -0.15) is 0 Å². The highest BCUT2D eigenvalue weighted by molar-refractivity contribution is 7.18. The molecule has 0 spiro atoms. The summed E-state index contributed by atoms with van der Waals surface area (Å²) in [5, 5.41) is 6.61. The molecule has 0 aliphatic rings. The molecule has 2 N–H and O–H groups in total. The summed E-state index contributed by atoms with van der Waals surface area (Å²) in [4.78, 5) is 19.9. The van der Waals surface area contributed by atoms with E-state index in [-0.39, 0.29) is 5.91 Å². The highest BCUT2D eigenvalue weighted by Gasteiger charge is 2.13. The predicted molar refractivity (Wildman–Crippen MR) is 86.7 cm³/mol. The van der Waals surface area contributed by atoms with E-state index in [1.165, 1.54) is 16.2 Å². The summed E-state index contributed by atoms with van der Waals surface area (Å²) in [6.07, 6.45) is 1.36. The standard InChI is InChI=1S/C14H19N3OS2/c1-9-6-7-11(19-9)13-10(2)20-14(17-13)16-12(18)5-4-8-15-3/h6-7,15H,4-5,8H2,1-3H3,(H,16,17,18). The molecule has 2 rings (SSSR count). The zero-order valence-electron chi connectivity index (χ0n) is 11.9. The van der Waals surface area contributed by atoms with E-state index >= 15 is 0 Å². The first-order valence-corrected chi connectivity index (χ1v) is 8.22. The minimum absolute atomic E-state index is 0.0305. The first-order valence-electron chi connectivity index (χ1n) is 6.59. The summed E-state index contributed by atoms with van der Waals surface area (Å²) in [6, 6.07) is 4.18. The van der Waals surface area contributed by atoms with Crippen molar-refractivity contribution >= 4 is 33.7 Å². The van der Waals surface area contributed by atoms with E-state index in [0.717, 1.165) is 28.4 Å². The molecule has 2 aromatic rings. The number of rotatable bonds is 6. The minimum atomic E-state index is 0.0305. The van der Waals surface area contributed by atoms with Crippen molar-refractivity contribution in [1.82, 2.24) is 10.3 Å². The summed E-state index contributed by atoms with van der Waals surface area (Å²) >= 11 is 3.26. The zero-order valence-corrected chi connectivity index (χ0v) is 13.6. The second kappa shape index (κ2) is 6.97. The summed E-state index contributed by atoms with van der Waals surface area (Å²) in [5.41, 5.74) is 0.985. The van der Waals surface area contributed by atoms with Crippen molar-refractivity contribution < 1.29 is 4.79 Å². The van der Waals surface area contributed by atoms with Gasteiger partial charge in [-0.25, -0.2) is 4.98 Å². The largest absolute Gasteiger partial charge is 0.320 e. The van der Waals surface area contributed by atoms with Crippen molar-refractivity contribution in [2.24, 2.45) is 0 Å². The van der Waals surface area contributed by atoms with Crippen molar-refractivity contribution in [3.05, 3.63) is 21.9 Å². The monoisotopic (exact) mass is 309 g/mol. The van der Waals surface area contributed by atoms with Crippen molar-refractivity contribution in [3.63, 3.8) is 0 Å². The molecule has 0 radical (unpaired) electrons. The van der Waals surface area contributed by atoms with Crippen LogP contribution in [0.4, 0.5) is 5.13 Å². The molecule has 20 heavy (non-hydrogen) atoms. The second-order valence-corrected chi connectivity index (χ2v) is 7.08. The average Bonchev–Trinajstić information content (AvgIpc) is 2.96. The summed E-state index contributed by atoms with van der Waals surface area (Å²) in [6.45, 7) is 4.98. The summed E-state index contributed by atoms with van der Waals surface area (Å²) in [7, 11) is 1.89. The molecule has 0 aromatic carbocycles. The van der Waals surface area contributed by atoms with Crippen molar-refractivity contribution in [3.8, 4) is 10.6 Å². The van der Waals surface area contributed by atoms with Crippen molar-refractivity contribution in [2.75, 3.05) is 18.9 Å². The Morgan fingerprint density at radius 1 is 1.30 bits per heavy atom. The van der Waals surface area contributed by atoms with Crippen LogP contribution in [-0.2, 0) is 4.79 Å². The highest BCUT2D eigenvalue weighted by Crippen LogP contribution is 2.34. The van der Waals surface area contributed by atoms with Crippen LogP contribution in [0.2, 0.25) is 0 Å². The summed E-state index contributed by atoms with van der Waals surface area (Å²) in [5.74, 6) is 0.0305. The fraction of sp³-hybridized carbons (Fsp3) is 0.429. The SMILES string of the molecule is CNCCCC(=O)Nc1nc(-c2ccc(C)s2)c(C)s1. The molecule has 0 aliphatic heterocycles. The maximum Gasteiger partial charge on any atom is 0.226 e. The van der Waals surface area contributed by atoms with Crippen LogP contribution in [-0.4, -0.2) is 24.5 Å². The van der Waals surface area contributed by atoms with Gasteiger partial charge >= 0.3 is 0 Å². The summed E-state index contributed by atoms with van der Waals surface area (Å²) < 4.78 is 0. The van der Waals surface area contributed by atoms with Crippen LogP contribution in [0.25, 0.3) is 10.6 Å². The molecule has 0 unspecified atom stereocenters. The molecule has 0 aliphatic carbocycles. The van der Waals surface area contributed by atoms with Gasteiger partial charge in [0.25, 0.3) is 0 Å². The topological polar surface area (TPSA) is 54.0 Å². The van der Waals surface area contributed by atoms with Crippen LogP contribution < -0.4 is 10.6 Å². The van der Waals surface area contributed by atoms with Crippen molar-refractivity contribution in [1.29, 1.82) is 0 Å². The van der Waals surface area contributed by atoms with Gasteiger partial charge in [-0.3, -0.25) is 4.79 Å². The van der Waals surface area contributed by atoms with E-state index in [2.05, 4.69) is 34.7 Å². The lowest BCUT2D eigenvalue weighted by Crippen LogP contribution is -2.15. The number of carbonyl (C=O) groups is 1. The number of nitrogens with zero attached hydrogens (tertiary/aromatic N) is 1. The lowest BCUT2D eigenvalue weighted by Gasteiger charge is -2.00. The third kappa shape index (κ3) is 3.88. The van der Waals surface area contributed by atoms with Crippen LogP contribution in [0.5, 0.6) is 0 Å². The fourth-order valence-corrected chi connectivity index (χ4v) is 3.67. The second-order valence-electron chi connectivity index (χ2n) is 4.59. The highest BCUT2D eigenvalue weighted by atomic mass is 32.1. The number of thiazole rings is 1. The molecule has 6 heteroatoms. The lowest BCUT2D eigenvalue weighted by atomic mass is 10.3. The number of anilines is 1. The van der Waals surface area contributed by atoms with Gasteiger partial charge in [0, 0.05) is 16.2 Å². The quantitative estimate of drug-likeness (QED) is 0.804. The predicted octanol–water partition coefficient (Wildman–Crippen LogP) is 3.43. The smallest absolute Gasteiger partial charge is 0.226 e. The van der Waals surface area contributed by atoms with E-state index in [1.807, 2.05) is 14.0 Å². The lowest BCUT2D eigenvalue weighted by molar-refractivity contribution is -0.116. The van der Waals surface area contributed by atoms with Gasteiger partial charge in [0.1, 0.15) is 0 Å². The van der Waals surface area contributed by atoms with Crippen LogP contribution in [0.15, 0.2) is 12.1 Å². The van der Waals surface area contributed by atoms with E-state index in [4.69, 9.17) is 0 Å². The molecule has 2 heterocycles. The van der Waals surface area contributed by atoms with Gasteiger partial charge in [-0.15, -0.1) is 22.7 Å². The van der Waals surface area contributed by atoms with E-state index in [1.54, 1.807) is 11.3 Å². The maximum atomic E-state index is 11.8. The van der Waals surface area contributed by atoms with Crippen LogP contribution in [0, 0.1) is 13.8 Å². The Bertz CT molecular complexity index is 589. The van der Waals surface area contributed by atoms with E-state index < -0.39 is 0 Å². The molecule has 0 fully saturated rings. The maximum absolute atomic E-state index is 11.8. The molecule has 4 nitrogen and oxygen atoms in total. The Balaban J connectivity index is 2.02. The number of aryl methyl sites for hydroxylation is 2. The van der Waals surface area contributed by atoms with Crippen LogP contribution in [0.3, 0.4) is 0 Å². The van der Waals surface area contributed by atoms with E-state index in [0.29, 0.717) is 11.6 Å². The normalized spacial score (nSPS) is 10.8. The average molecular weight is 309 g/mol. The Kier molecular flexibility index (Phi) is 5.28. The molecule has 0 saturated carbocycles. The molecule has 0 atom stereocenters. The molecular formula is C14H19N3OS2. The van der Waals surface area contributed by atoms with Crippen LogP contribution >= 0.6 is 22.7 Å². The minimum Gasteiger partial charge on any atom is -0.320 e. The van der Waals surface area contributed by atoms with Gasteiger partial charge in [0.15, 0.2) is 5.13 Å². The Labute approximate surface area is 127 Å². The number of hydrogen-bond acceptors (Lipinski definition) is 5. The molecular weight excluding hydrogens is 290 g/mol. The Hall–Kier alpha value is -1.24. The first kappa shape index (κ1) is 15.2. The number of nitrogens with one attached hydrogen (secondary N) is 2. The number of amides is 1. The van der Waals surface area contributed by atoms with Gasteiger partial charge < -0.3 is 10.6 Å². The van der Waals surface area contributed by atoms with Crippen molar-refractivity contribution in [2.45, 2.75) is 26.7 Å². The molecule has 0 bridgehead atoms. The first-order chi connectivity index (χ1) is 9.60. The van der Waals surface area contributed by atoms with Gasteiger partial charge in [0.2, 0.25) is 5.91 Å². The Morgan fingerprint density at radius 3 is 2.75 bits per heavy atom. The number of aromatic nitrogens is 1. The number of thiophene rings is 1. The third-order valence-electron chi connectivity index (χ3n) is 2.85. The van der Waals surface area contributed by atoms with Gasteiger partial charge in [-0.05, 0) is 46.0 Å². The number of carbonyl (C=O) groups excluding carboxylic acids is 1. The Morgan fingerprint density at radius 2 is 2.10 bits per heavy atom. The van der Waals surface area contributed by atoms with Gasteiger partial charge in [-0.1, -0.05) is 0 Å². The molecule has 1 amide bonds. The molecule has 0 saturated heterocycles. The van der Waals surface area contributed by atoms with E-state index in [9.17, 15) is 4.79 Å². The molecule has 2 aromatic heterocycles. The zero-order chi connectivity index (χ0) is 14.5. The van der Waals surface area contributed by atoms with Crippen LogP contribution in [0.1, 0.15) is 22.6 Å². The fourth-order valence-electron chi connectivity index (χ4n) is 1.85. The molecule has 108 valence electrons.